The van der Waals surface area contributed by atoms with Gasteiger partial charge in [-0.05, 0) is 18.1 Å². The molecule has 1 rings (SSSR count). The largest absolute Gasteiger partial charge is 0.493 e. The zero-order valence-corrected chi connectivity index (χ0v) is 11.0. The molecule has 0 saturated heterocycles. The molecule has 0 bridgehead atoms. The van der Waals surface area contributed by atoms with Crippen LogP contribution in [-0.2, 0) is 0 Å². The van der Waals surface area contributed by atoms with Gasteiger partial charge in [0.2, 0.25) is 5.75 Å². The van der Waals surface area contributed by atoms with E-state index in [4.69, 9.17) is 14.2 Å². The van der Waals surface area contributed by atoms with Gasteiger partial charge in [0.1, 0.15) is 0 Å². The molecule has 0 heterocycles. The van der Waals surface area contributed by atoms with E-state index >= 15 is 0 Å². The van der Waals surface area contributed by atoms with Crippen molar-refractivity contribution in [1.82, 2.24) is 0 Å². The van der Waals surface area contributed by atoms with E-state index in [-0.39, 0.29) is 5.92 Å². The average Bonchev–Trinajstić information content (AvgIpc) is 2.35. The Labute approximate surface area is 102 Å². The summed E-state index contributed by atoms with van der Waals surface area (Å²) in [7, 11) is 4.66. The molecule has 0 aromatic heterocycles. The minimum Gasteiger partial charge on any atom is -0.493 e. The maximum Gasteiger partial charge on any atom is 0.203 e. The van der Waals surface area contributed by atoms with E-state index in [0.717, 1.165) is 0 Å². The molecule has 1 atom stereocenters. The second kappa shape index (κ2) is 5.77. The van der Waals surface area contributed by atoms with Gasteiger partial charge >= 0.3 is 0 Å². The molecule has 1 aromatic rings. The minimum absolute atomic E-state index is 0.0991. The molecule has 0 aliphatic heterocycles. The SMILES string of the molecule is COc1ccc(C(O)C(C)C)c(OC)c1OC. The molecule has 0 aliphatic rings. The lowest BCUT2D eigenvalue weighted by atomic mass is 9.97. The smallest absolute Gasteiger partial charge is 0.203 e. The van der Waals surface area contributed by atoms with Gasteiger partial charge in [0.25, 0.3) is 0 Å². The molecule has 96 valence electrons. The maximum atomic E-state index is 10.1. The van der Waals surface area contributed by atoms with E-state index < -0.39 is 6.10 Å². The quantitative estimate of drug-likeness (QED) is 0.858. The first kappa shape index (κ1) is 13.6. The number of rotatable bonds is 5. The molecule has 0 aliphatic carbocycles. The predicted octanol–water partition coefficient (Wildman–Crippen LogP) is 2.40. The van der Waals surface area contributed by atoms with Crippen LogP contribution in [0.3, 0.4) is 0 Å². The zero-order valence-electron chi connectivity index (χ0n) is 11.0. The Morgan fingerprint density at radius 2 is 1.53 bits per heavy atom. The molecule has 4 heteroatoms. The van der Waals surface area contributed by atoms with E-state index in [9.17, 15) is 5.11 Å². The van der Waals surface area contributed by atoms with E-state index in [2.05, 4.69) is 0 Å². The lowest BCUT2D eigenvalue weighted by molar-refractivity contribution is 0.123. The van der Waals surface area contributed by atoms with E-state index in [1.165, 1.54) is 0 Å². The van der Waals surface area contributed by atoms with Crippen molar-refractivity contribution in [1.29, 1.82) is 0 Å². The fourth-order valence-corrected chi connectivity index (χ4v) is 1.72. The van der Waals surface area contributed by atoms with Crippen LogP contribution in [0.15, 0.2) is 12.1 Å². The molecule has 4 nitrogen and oxygen atoms in total. The lowest BCUT2D eigenvalue weighted by Gasteiger charge is -2.21. The highest BCUT2D eigenvalue weighted by Gasteiger charge is 2.22. The fraction of sp³-hybridized carbons (Fsp3) is 0.538. The number of hydrogen-bond acceptors (Lipinski definition) is 4. The molecule has 0 radical (unpaired) electrons. The molecule has 17 heavy (non-hydrogen) atoms. The molecule has 1 aromatic carbocycles. The van der Waals surface area contributed by atoms with Crippen molar-refractivity contribution in [2.75, 3.05) is 21.3 Å². The van der Waals surface area contributed by atoms with Gasteiger partial charge in [-0.15, -0.1) is 0 Å². The number of aliphatic hydroxyl groups excluding tert-OH is 1. The molecular weight excluding hydrogens is 220 g/mol. The first-order valence-corrected chi connectivity index (χ1v) is 5.53. The van der Waals surface area contributed by atoms with Gasteiger partial charge in [-0.3, -0.25) is 0 Å². The summed E-state index contributed by atoms with van der Waals surface area (Å²) in [5, 5.41) is 10.1. The molecular formula is C13H20O4. The Morgan fingerprint density at radius 3 is 1.94 bits per heavy atom. The van der Waals surface area contributed by atoms with Crippen LogP contribution in [0.1, 0.15) is 25.5 Å². The van der Waals surface area contributed by atoms with Gasteiger partial charge in [-0.1, -0.05) is 13.8 Å². The summed E-state index contributed by atoms with van der Waals surface area (Å²) in [6.07, 6.45) is -0.593. The van der Waals surface area contributed by atoms with E-state index in [1.807, 2.05) is 13.8 Å². The van der Waals surface area contributed by atoms with Gasteiger partial charge in [0, 0.05) is 5.56 Å². The number of ether oxygens (including phenoxy) is 3. The van der Waals surface area contributed by atoms with Gasteiger partial charge in [-0.25, -0.2) is 0 Å². The van der Waals surface area contributed by atoms with Crippen LogP contribution >= 0.6 is 0 Å². The third kappa shape index (κ3) is 2.64. The van der Waals surface area contributed by atoms with Crippen LogP contribution in [0.5, 0.6) is 17.2 Å². The second-order valence-electron chi connectivity index (χ2n) is 4.11. The highest BCUT2D eigenvalue weighted by Crippen LogP contribution is 2.43. The third-order valence-electron chi connectivity index (χ3n) is 2.68. The maximum absolute atomic E-state index is 10.1. The number of methoxy groups -OCH3 is 3. The summed E-state index contributed by atoms with van der Waals surface area (Å²) in [5.74, 6) is 1.71. The summed E-state index contributed by atoms with van der Waals surface area (Å²) in [6.45, 7) is 3.89. The summed E-state index contributed by atoms with van der Waals surface area (Å²) in [5.41, 5.74) is 0.708. The number of aliphatic hydroxyl groups is 1. The number of benzene rings is 1. The molecule has 0 amide bonds. The van der Waals surface area contributed by atoms with Gasteiger partial charge in [0.05, 0.1) is 27.4 Å². The first-order valence-electron chi connectivity index (χ1n) is 5.53. The van der Waals surface area contributed by atoms with Crippen molar-refractivity contribution >= 4 is 0 Å². The van der Waals surface area contributed by atoms with E-state index in [1.54, 1.807) is 33.5 Å². The van der Waals surface area contributed by atoms with Crippen LogP contribution in [0.25, 0.3) is 0 Å². The summed E-state index contributed by atoms with van der Waals surface area (Å²) < 4.78 is 15.8. The highest BCUT2D eigenvalue weighted by molar-refractivity contribution is 5.56. The summed E-state index contributed by atoms with van der Waals surface area (Å²) in [4.78, 5) is 0. The predicted molar refractivity (Wildman–Crippen MR) is 65.9 cm³/mol. The Bertz CT molecular complexity index is 374. The Hall–Kier alpha value is -1.42. The third-order valence-corrected chi connectivity index (χ3v) is 2.68. The Kier molecular flexibility index (Phi) is 4.63. The molecule has 1 unspecified atom stereocenters. The Balaban J connectivity index is 3.32. The fourth-order valence-electron chi connectivity index (χ4n) is 1.72. The van der Waals surface area contributed by atoms with Gasteiger partial charge in [0.15, 0.2) is 11.5 Å². The first-order chi connectivity index (χ1) is 8.06. The van der Waals surface area contributed by atoms with Crippen LogP contribution in [0, 0.1) is 5.92 Å². The summed E-state index contributed by atoms with van der Waals surface area (Å²) in [6, 6.07) is 3.56. The van der Waals surface area contributed by atoms with Crippen LogP contribution in [-0.4, -0.2) is 26.4 Å². The number of hydrogen-bond donors (Lipinski definition) is 1. The topological polar surface area (TPSA) is 47.9 Å². The zero-order chi connectivity index (χ0) is 13.0. The van der Waals surface area contributed by atoms with Crippen molar-refractivity contribution in [3.05, 3.63) is 17.7 Å². The monoisotopic (exact) mass is 240 g/mol. The van der Waals surface area contributed by atoms with Crippen LogP contribution in [0.2, 0.25) is 0 Å². The molecule has 0 fully saturated rings. The average molecular weight is 240 g/mol. The molecule has 1 N–H and O–H groups in total. The van der Waals surface area contributed by atoms with E-state index in [0.29, 0.717) is 22.8 Å². The second-order valence-corrected chi connectivity index (χ2v) is 4.11. The standard InChI is InChI=1S/C13H20O4/c1-8(2)11(14)9-6-7-10(15-3)13(17-5)12(9)16-4/h6-8,11,14H,1-5H3. The Morgan fingerprint density at radius 1 is 0.941 bits per heavy atom. The van der Waals surface area contributed by atoms with Crippen molar-refractivity contribution in [3.63, 3.8) is 0 Å². The van der Waals surface area contributed by atoms with Crippen molar-refractivity contribution < 1.29 is 19.3 Å². The van der Waals surface area contributed by atoms with Crippen LogP contribution in [0.4, 0.5) is 0 Å². The van der Waals surface area contributed by atoms with Gasteiger partial charge < -0.3 is 19.3 Å². The normalized spacial score (nSPS) is 12.4. The van der Waals surface area contributed by atoms with Crippen molar-refractivity contribution in [2.45, 2.75) is 20.0 Å². The van der Waals surface area contributed by atoms with Crippen molar-refractivity contribution in [3.8, 4) is 17.2 Å². The van der Waals surface area contributed by atoms with Gasteiger partial charge in [-0.2, -0.15) is 0 Å². The van der Waals surface area contributed by atoms with Crippen LogP contribution < -0.4 is 14.2 Å². The molecule has 0 saturated carbocycles. The minimum atomic E-state index is -0.593. The lowest BCUT2D eigenvalue weighted by Crippen LogP contribution is -2.08. The van der Waals surface area contributed by atoms with Crippen molar-refractivity contribution in [2.24, 2.45) is 5.92 Å². The summed E-state index contributed by atoms with van der Waals surface area (Å²) >= 11 is 0. The molecule has 0 spiro atoms. The highest BCUT2D eigenvalue weighted by atomic mass is 16.5.